The van der Waals surface area contributed by atoms with Crippen LogP contribution in [0.1, 0.15) is 84.3 Å². The smallest absolute Gasteiger partial charge is 0.315 e. The van der Waals surface area contributed by atoms with Gasteiger partial charge in [-0.1, -0.05) is 90.8 Å². The Hall–Kier alpha value is -3.74. The van der Waals surface area contributed by atoms with Gasteiger partial charge in [-0.05, 0) is 73.5 Å². The number of carbonyl (C=O) groups is 2. The molecule has 2 aliphatic rings. The van der Waals surface area contributed by atoms with E-state index in [1.54, 1.807) is 6.92 Å². The van der Waals surface area contributed by atoms with Gasteiger partial charge in [-0.25, -0.2) is 4.79 Å². The van der Waals surface area contributed by atoms with Gasteiger partial charge in [-0.2, -0.15) is 0 Å². The minimum Gasteiger partial charge on any atom is -0.382 e. The van der Waals surface area contributed by atoms with Crippen LogP contribution in [0.25, 0.3) is 0 Å². The second kappa shape index (κ2) is 16.7. The molecule has 0 bridgehead atoms. The average molecular weight is 630 g/mol. The zero-order valence-corrected chi connectivity index (χ0v) is 29.1. The highest BCUT2D eigenvalue weighted by Crippen LogP contribution is 2.35. The molecule has 7 heteroatoms. The Kier molecular flexibility index (Phi) is 13.3. The fourth-order valence-electron chi connectivity index (χ4n) is 6.83. The molecule has 4 N–H and O–H groups in total. The molecule has 1 heterocycles. The molecule has 0 radical (unpaired) electrons. The number of carbonyl (C=O) groups excluding carboxylic acids is 2. The second-order valence-electron chi connectivity index (χ2n) is 14.2. The van der Waals surface area contributed by atoms with Crippen molar-refractivity contribution in [3.05, 3.63) is 97.0 Å². The summed E-state index contributed by atoms with van der Waals surface area (Å²) in [4.78, 5) is 27.9. The predicted molar refractivity (Wildman–Crippen MR) is 192 cm³/mol. The zero-order chi connectivity index (χ0) is 34.0. The number of hydrogen-bond acceptors (Lipinski definition) is 5. The summed E-state index contributed by atoms with van der Waals surface area (Å²) in [6.07, 6.45) is 8.47. The number of fused-ring (bicyclic) bond motifs is 1. The number of benzene rings is 1. The first-order chi connectivity index (χ1) is 21.8. The van der Waals surface area contributed by atoms with Crippen molar-refractivity contribution >= 4 is 11.8 Å². The van der Waals surface area contributed by atoms with Crippen molar-refractivity contribution in [2.45, 2.75) is 110 Å². The lowest BCUT2D eigenvalue weighted by Crippen LogP contribution is -2.54. The first-order valence-electron chi connectivity index (χ1n) is 17.0. The van der Waals surface area contributed by atoms with Crippen molar-refractivity contribution in [3.8, 4) is 0 Å². The number of rotatable bonds is 18. The molecule has 3 rings (SSSR count). The third kappa shape index (κ3) is 9.88. The van der Waals surface area contributed by atoms with Crippen LogP contribution in [0.4, 0.5) is 4.79 Å². The lowest BCUT2D eigenvalue weighted by molar-refractivity contribution is -0.117. The van der Waals surface area contributed by atoms with Crippen molar-refractivity contribution in [1.29, 1.82) is 0 Å². The molecule has 1 fully saturated rings. The second-order valence-corrected chi connectivity index (χ2v) is 14.2. The van der Waals surface area contributed by atoms with Gasteiger partial charge in [0, 0.05) is 42.6 Å². The number of hydrogen-bond donors (Lipinski definition) is 4. The molecule has 1 aromatic rings. The van der Waals surface area contributed by atoms with E-state index in [1.807, 2.05) is 6.08 Å². The fraction of sp³-hybridized carbons (Fsp3) is 0.538. The van der Waals surface area contributed by atoms with Gasteiger partial charge in [-0.3, -0.25) is 0 Å². The summed E-state index contributed by atoms with van der Waals surface area (Å²) in [5.41, 5.74) is 6.04. The van der Waals surface area contributed by atoms with Crippen LogP contribution in [0.15, 0.2) is 85.9 Å². The summed E-state index contributed by atoms with van der Waals surface area (Å²) < 4.78 is 0. The van der Waals surface area contributed by atoms with Gasteiger partial charge in [-0.15, -0.1) is 6.58 Å². The Morgan fingerprint density at radius 1 is 1.02 bits per heavy atom. The van der Waals surface area contributed by atoms with Crippen LogP contribution in [0, 0.1) is 11.3 Å². The Labute approximate surface area is 278 Å². The number of amides is 2. The number of nitrogens with zero attached hydrogens (tertiary/aromatic N) is 1. The SMILES string of the molecule is C=CCNC(=C)C(=C)C(CCC)NC(=C)C1CCCN1C(=C)C(NC(=O)NC(CCC(C)=O)C(C)(C)C)C1Cc2ccccc2C1. The van der Waals surface area contributed by atoms with Crippen molar-refractivity contribution in [2.24, 2.45) is 11.3 Å². The van der Waals surface area contributed by atoms with Crippen molar-refractivity contribution in [3.63, 3.8) is 0 Å². The minimum absolute atomic E-state index is 0.00592. The van der Waals surface area contributed by atoms with E-state index in [0.717, 1.165) is 67.7 Å². The number of urea groups is 1. The van der Waals surface area contributed by atoms with Crippen LogP contribution in [-0.4, -0.2) is 54.0 Å². The highest BCUT2D eigenvalue weighted by molar-refractivity contribution is 5.76. The molecule has 252 valence electrons. The standard InChI is InChI=1S/C39H59N5O2/c1-11-16-34(27(4)28(5)40-22-12-2)41-29(6)35-19-15-23-44(35)30(7)37(33-24-31-17-13-14-18-32(31)25-33)43-38(46)42-36(39(8,9)10)21-20-26(3)45/h12-14,17-18,33-37,40-41H,2,4-7,11,15-16,19-25H2,1,3,8-10H3,(H2,42,43,46). The normalized spacial score (nSPS) is 18.1. The average Bonchev–Trinajstić information content (AvgIpc) is 3.67. The highest BCUT2D eigenvalue weighted by atomic mass is 16.2. The maximum Gasteiger partial charge on any atom is 0.315 e. The molecule has 1 aliphatic heterocycles. The summed E-state index contributed by atoms with van der Waals surface area (Å²) in [6.45, 7) is 33.0. The molecular weight excluding hydrogens is 570 g/mol. The lowest BCUT2D eigenvalue weighted by atomic mass is 9.83. The molecule has 2 amide bonds. The maximum atomic E-state index is 13.7. The van der Waals surface area contributed by atoms with Crippen LogP contribution in [-0.2, 0) is 17.6 Å². The van der Waals surface area contributed by atoms with E-state index in [9.17, 15) is 9.59 Å². The molecule has 0 aromatic heterocycles. The van der Waals surface area contributed by atoms with Gasteiger partial charge in [0.2, 0.25) is 0 Å². The molecule has 4 atom stereocenters. The molecular formula is C39H59N5O2. The van der Waals surface area contributed by atoms with E-state index in [0.29, 0.717) is 19.4 Å². The van der Waals surface area contributed by atoms with Crippen LogP contribution >= 0.6 is 0 Å². The monoisotopic (exact) mass is 629 g/mol. The Morgan fingerprint density at radius 3 is 2.24 bits per heavy atom. The van der Waals surface area contributed by atoms with Gasteiger partial charge in [0.05, 0.1) is 18.1 Å². The van der Waals surface area contributed by atoms with Gasteiger partial charge >= 0.3 is 6.03 Å². The minimum atomic E-state index is -0.265. The summed E-state index contributed by atoms with van der Waals surface area (Å²) in [6, 6.07) is 7.97. The van der Waals surface area contributed by atoms with Crippen LogP contribution in [0.2, 0.25) is 0 Å². The molecule has 7 nitrogen and oxygen atoms in total. The van der Waals surface area contributed by atoms with E-state index in [1.165, 1.54) is 11.1 Å². The lowest BCUT2D eigenvalue weighted by Gasteiger charge is -2.38. The van der Waals surface area contributed by atoms with Gasteiger partial charge in [0.15, 0.2) is 0 Å². The van der Waals surface area contributed by atoms with Crippen LogP contribution in [0.3, 0.4) is 0 Å². The van der Waals surface area contributed by atoms with E-state index in [2.05, 4.69) is 111 Å². The fourth-order valence-corrected chi connectivity index (χ4v) is 6.83. The van der Waals surface area contributed by atoms with E-state index in [4.69, 9.17) is 0 Å². The summed E-state index contributed by atoms with van der Waals surface area (Å²) in [5, 5.41) is 13.6. The van der Waals surface area contributed by atoms with Gasteiger partial charge in [0.25, 0.3) is 0 Å². The van der Waals surface area contributed by atoms with Crippen molar-refractivity contribution < 1.29 is 9.59 Å². The summed E-state index contributed by atoms with van der Waals surface area (Å²) in [7, 11) is 0. The van der Waals surface area contributed by atoms with E-state index < -0.39 is 0 Å². The maximum absolute atomic E-state index is 13.7. The quantitative estimate of drug-likeness (QED) is 0.104. The van der Waals surface area contributed by atoms with E-state index in [-0.39, 0.29) is 47.3 Å². The Balaban J connectivity index is 1.81. The molecule has 0 saturated carbocycles. The summed E-state index contributed by atoms with van der Waals surface area (Å²) >= 11 is 0. The third-order valence-corrected chi connectivity index (χ3v) is 9.56. The Bertz CT molecular complexity index is 1270. The molecule has 1 saturated heterocycles. The topological polar surface area (TPSA) is 85.5 Å². The molecule has 1 aromatic carbocycles. The summed E-state index contributed by atoms with van der Waals surface area (Å²) in [5.74, 6) is 0.303. The first kappa shape index (κ1) is 36.7. The van der Waals surface area contributed by atoms with Crippen LogP contribution < -0.4 is 21.3 Å². The largest absolute Gasteiger partial charge is 0.382 e. The zero-order valence-electron chi connectivity index (χ0n) is 29.1. The van der Waals surface area contributed by atoms with Crippen molar-refractivity contribution in [2.75, 3.05) is 13.1 Å². The predicted octanol–water partition coefficient (Wildman–Crippen LogP) is 6.95. The Morgan fingerprint density at radius 2 is 1.67 bits per heavy atom. The van der Waals surface area contributed by atoms with Crippen LogP contribution in [0.5, 0.6) is 0 Å². The molecule has 46 heavy (non-hydrogen) atoms. The number of Topliss-reactive ketones (excluding diaryl/α,β-unsaturated/α-hetero) is 1. The number of likely N-dealkylation sites (tertiary alicyclic amines) is 1. The van der Waals surface area contributed by atoms with Gasteiger partial charge in [0.1, 0.15) is 5.78 Å². The number of ketones is 1. The van der Waals surface area contributed by atoms with Gasteiger partial charge < -0.3 is 31.0 Å². The molecule has 1 aliphatic carbocycles. The first-order valence-corrected chi connectivity index (χ1v) is 17.0. The molecule has 0 spiro atoms. The van der Waals surface area contributed by atoms with E-state index >= 15 is 0 Å². The third-order valence-electron chi connectivity index (χ3n) is 9.56. The van der Waals surface area contributed by atoms with Crippen molar-refractivity contribution in [1.82, 2.24) is 26.2 Å². The highest BCUT2D eigenvalue weighted by Gasteiger charge is 2.38. The number of nitrogens with one attached hydrogen (secondary N) is 4. The molecule has 4 unspecified atom stereocenters.